The van der Waals surface area contributed by atoms with Crippen molar-refractivity contribution in [3.63, 3.8) is 0 Å². The van der Waals surface area contributed by atoms with Crippen molar-refractivity contribution in [2.24, 2.45) is 5.92 Å². The van der Waals surface area contributed by atoms with E-state index in [1.54, 1.807) is 0 Å². The summed E-state index contributed by atoms with van der Waals surface area (Å²) >= 11 is 0. The minimum atomic E-state index is -0.297. The molecule has 0 bridgehead atoms. The maximum Gasteiger partial charge on any atom is 0.0525 e. The molecule has 13 rings (SSSR count). The van der Waals surface area contributed by atoms with Crippen LogP contribution in [0.15, 0.2) is 224 Å². The van der Waals surface area contributed by atoms with Gasteiger partial charge in [0.1, 0.15) is 0 Å². The van der Waals surface area contributed by atoms with Gasteiger partial charge in [0.15, 0.2) is 0 Å². The Bertz CT molecular complexity index is 3280. The zero-order valence-electron chi connectivity index (χ0n) is 39.2. The first kappa shape index (κ1) is 41.0. The lowest BCUT2D eigenvalue weighted by Crippen LogP contribution is -2.35. The molecule has 0 aliphatic heterocycles. The monoisotopic (exact) mass is 875 g/mol. The fourth-order valence-corrected chi connectivity index (χ4v) is 14.3. The van der Waals surface area contributed by atoms with E-state index in [-0.39, 0.29) is 28.1 Å². The zero-order chi connectivity index (χ0) is 45.5. The summed E-state index contributed by atoms with van der Waals surface area (Å²) < 4.78 is 0. The zero-order valence-corrected chi connectivity index (χ0v) is 39.2. The van der Waals surface area contributed by atoms with Crippen molar-refractivity contribution in [1.29, 1.82) is 0 Å². The molecule has 68 heavy (non-hydrogen) atoms. The van der Waals surface area contributed by atoms with Crippen LogP contribution in [0.5, 0.6) is 0 Å². The van der Waals surface area contributed by atoms with Gasteiger partial charge in [-0.15, -0.1) is 0 Å². The molecule has 0 aromatic heterocycles. The first-order valence-electron chi connectivity index (χ1n) is 25.2. The first-order valence-corrected chi connectivity index (χ1v) is 25.2. The summed E-state index contributed by atoms with van der Waals surface area (Å²) in [6.45, 7) is 4.79. The third-order valence-electron chi connectivity index (χ3n) is 17.3. The number of hydrogen-bond acceptors (Lipinski definition) is 1. The van der Waals surface area contributed by atoms with Crippen LogP contribution in [-0.2, 0) is 16.2 Å². The Labute approximate surface area is 402 Å². The van der Waals surface area contributed by atoms with Crippen molar-refractivity contribution >= 4 is 23.1 Å². The van der Waals surface area contributed by atoms with E-state index in [4.69, 9.17) is 0 Å². The molecule has 1 spiro atoms. The minimum Gasteiger partial charge on any atom is -0.310 e. The Morgan fingerprint density at radius 2 is 1.03 bits per heavy atom. The minimum absolute atomic E-state index is 0.104. The van der Waals surface area contributed by atoms with Crippen molar-refractivity contribution in [3.8, 4) is 22.3 Å². The summed E-state index contributed by atoms with van der Waals surface area (Å²) in [6.07, 6.45) is 19.1. The first-order chi connectivity index (χ1) is 33.6. The molecular weight excluding hydrogens is 819 g/mol. The molecule has 1 saturated carbocycles. The molecule has 1 nitrogen and oxygen atoms in total. The quantitative estimate of drug-likeness (QED) is 0.140. The van der Waals surface area contributed by atoms with E-state index in [0.717, 1.165) is 12.8 Å². The molecule has 2 atom stereocenters. The molecule has 2 unspecified atom stereocenters. The van der Waals surface area contributed by atoms with Gasteiger partial charge in [0.25, 0.3) is 0 Å². The van der Waals surface area contributed by atoms with Crippen LogP contribution in [0.3, 0.4) is 0 Å². The van der Waals surface area contributed by atoms with Gasteiger partial charge in [-0.25, -0.2) is 0 Å². The van der Waals surface area contributed by atoms with Gasteiger partial charge >= 0.3 is 0 Å². The number of nitrogens with zero attached hydrogens (tertiary/aromatic N) is 1. The molecule has 0 N–H and O–H groups in total. The van der Waals surface area contributed by atoms with Crippen LogP contribution in [0.25, 0.3) is 28.3 Å². The Morgan fingerprint density at radius 1 is 0.485 bits per heavy atom. The number of benzene rings is 8. The summed E-state index contributed by atoms with van der Waals surface area (Å²) in [5.41, 5.74) is 23.0. The smallest absolute Gasteiger partial charge is 0.0525 e. The van der Waals surface area contributed by atoms with Crippen molar-refractivity contribution < 1.29 is 0 Å². The van der Waals surface area contributed by atoms with Gasteiger partial charge in [-0.1, -0.05) is 215 Å². The Hall–Kier alpha value is -7.22. The van der Waals surface area contributed by atoms with Gasteiger partial charge in [-0.3, -0.25) is 0 Å². The third kappa shape index (κ3) is 5.81. The van der Waals surface area contributed by atoms with Gasteiger partial charge < -0.3 is 4.90 Å². The predicted molar refractivity (Wildman–Crippen MR) is 284 cm³/mol. The van der Waals surface area contributed by atoms with Crippen molar-refractivity contribution in [2.75, 3.05) is 4.90 Å². The average Bonchev–Trinajstić information content (AvgIpc) is 4.16. The molecule has 330 valence electrons. The van der Waals surface area contributed by atoms with Crippen LogP contribution < -0.4 is 4.90 Å². The molecular formula is C67H57N. The van der Waals surface area contributed by atoms with E-state index in [0.29, 0.717) is 0 Å². The lowest BCUT2D eigenvalue weighted by molar-refractivity contribution is 0.450. The molecule has 1 fully saturated rings. The van der Waals surface area contributed by atoms with E-state index in [1.807, 2.05) is 0 Å². The molecule has 1 heteroatoms. The van der Waals surface area contributed by atoms with Crippen LogP contribution in [0.1, 0.15) is 108 Å². The molecule has 8 aromatic carbocycles. The number of fused-ring (bicyclic) bond motifs is 11. The number of hydrogen-bond donors (Lipinski definition) is 0. The maximum atomic E-state index is 2.55. The lowest BCUT2D eigenvalue weighted by Gasteiger charge is -2.39. The summed E-state index contributed by atoms with van der Waals surface area (Å²) in [4.78, 5) is 2.52. The van der Waals surface area contributed by atoms with E-state index >= 15 is 0 Å². The van der Waals surface area contributed by atoms with Gasteiger partial charge in [0.05, 0.1) is 5.41 Å². The Morgan fingerprint density at radius 3 is 1.71 bits per heavy atom. The van der Waals surface area contributed by atoms with Gasteiger partial charge in [-0.05, 0) is 140 Å². The average molecular weight is 876 g/mol. The van der Waals surface area contributed by atoms with Crippen molar-refractivity contribution in [3.05, 3.63) is 274 Å². The highest BCUT2D eigenvalue weighted by atomic mass is 15.1. The second-order valence-electron chi connectivity index (χ2n) is 20.1. The summed E-state index contributed by atoms with van der Waals surface area (Å²) in [7, 11) is 0. The lowest BCUT2D eigenvalue weighted by atomic mass is 9.62. The van der Waals surface area contributed by atoms with Crippen LogP contribution in [0, 0.1) is 5.92 Å². The predicted octanol–water partition coefficient (Wildman–Crippen LogP) is 17.3. The fourth-order valence-electron chi connectivity index (χ4n) is 14.3. The fraction of sp³-hybridized carbons (Fsp3) is 0.194. The second kappa shape index (κ2) is 16.0. The van der Waals surface area contributed by atoms with Crippen LogP contribution >= 0.6 is 0 Å². The number of anilines is 3. The summed E-state index contributed by atoms with van der Waals surface area (Å²) in [5.74, 6) is 0.464. The largest absolute Gasteiger partial charge is 0.310 e. The van der Waals surface area contributed by atoms with Gasteiger partial charge in [-0.2, -0.15) is 0 Å². The van der Waals surface area contributed by atoms with Crippen molar-refractivity contribution in [1.82, 2.24) is 0 Å². The maximum absolute atomic E-state index is 2.55. The number of para-hydroxylation sites is 1. The van der Waals surface area contributed by atoms with E-state index in [2.05, 4.69) is 243 Å². The number of allylic oxidation sites excluding steroid dienone is 5. The number of rotatable bonds is 9. The highest BCUT2D eigenvalue weighted by Gasteiger charge is 2.54. The van der Waals surface area contributed by atoms with Crippen molar-refractivity contribution in [2.45, 2.75) is 74.5 Å². The van der Waals surface area contributed by atoms with Gasteiger partial charge in [0.2, 0.25) is 0 Å². The topological polar surface area (TPSA) is 3.24 Å². The molecule has 0 radical (unpaired) electrons. The molecule has 0 amide bonds. The molecule has 0 saturated heterocycles. The SMILES string of the molecule is CCC1(CC)c2cc(/C=C/C3=CC=CC4C3c3ccccc3C4(c3ccccc3)c3ccccc3)ccc2-c2ccc(N(c3ccccc3)c3ccc4c(c3)C3(CCCC3)c3ccccc3-4)cc21. The highest BCUT2D eigenvalue weighted by molar-refractivity contribution is 5.89. The summed E-state index contributed by atoms with van der Waals surface area (Å²) in [5, 5.41) is 0. The normalized spacial score (nSPS) is 19.2. The summed E-state index contributed by atoms with van der Waals surface area (Å²) in [6, 6.07) is 73.9. The Kier molecular flexibility index (Phi) is 9.62. The standard InChI is InChI=1S/C67H57N/c1-3-65(4-2)61-43-46(33-35-47-21-20-32-60-64(47)57-29-15-17-31-59(57)67(60,48-22-8-5-9-23-48)49-24-10-6-11-25-49)34-38-54(61)56-40-37-51(44-62(56)65)68(50-26-12-7-13-27-50)52-36-39-55-53-28-14-16-30-58(53)66(63(55)45-52)41-18-19-42-66/h5-17,20-40,43-45,60,64H,3-4,18-19,41-42H2,1-2H3/b35-33+. The second-order valence-corrected chi connectivity index (χ2v) is 20.1. The molecule has 8 aromatic rings. The van der Waals surface area contributed by atoms with Crippen LogP contribution in [-0.4, -0.2) is 0 Å². The molecule has 5 aliphatic carbocycles. The van der Waals surface area contributed by atoms with Gasteiger partial charge in [0, 0.05) is 39.7 Å². The Balaban J connectivity index is 0.873. The van der Waals surface area contributed by atoms with Crippen LogP contribution in [0.4, 0.5) is 17.1 Å². The highest BCUT2D eigenvalue weighted by Crippen LogP contribution is 2.62. The van der Waals surface area contributed by atoms with E-state index in [9.17, 15) is 0 Å². The molecule has 0 heterocycles. The molecule has 5 aliphatic rings. The van der Waals surface area contributed by atoms with E-state index in [1.165, 1.54) is 121 Å². The van der Waals surface area contributed by atoms with Crippen LogP contribution in [0.2, 0.25) is 0 Å². The third-order valence-corrected chi connectivity index (χ3v) is 17.3. The van der Waals surface area contributed by atoms with E-state index < -0.39 is 0 Å².